The number of amides is 1. The Hall–Kier alpha value is -3.09. The Morgan fingerprint density at radius 2 is 2.04 bits per heavy atom. The minimum atomic E-state index is -0.500. The summed E-state index contributed by atoms with van der Waals surface area (Å²) in [5.41, 5.74) is 1.52. The molecular weight excluding hydrogens is 310 g/mol. The fourth-order valence-corrected chi connectivity index (χ4v) is 1.95. The third-order valence-corrected chi connectivity index (χ3v) is 3.13. The molecule has 7 heteroatoms. The molecule has 24 heavy (non-hydrogen) atoms. The molecule has 0 radical (unpaired) electrons. The number of aryl methyl sites for hydroxylation is 1. The van der Waals surface area contributed by atoms with Gasteiger partial charge < -0.3 is 19.4 Å². The fourth-order valence-electron chi connectivity index (χ4n) is 1.95. The number of methoxy groups -OCH3 is 1. The van der Waals surface area contributed by atoms with Crippen LogP contribution < -0.4 is 5.32 Å². The monoisotopic (exact) mass is 329 g/mol. The van der Waals surface area contributed by atoms with Crippen molar-refractivity contribution in [1.29, 1.82) is 0 Å². The molecule has 2 aromatic rings. The summed E-state index contributed by atoms with van der Waals surface area (Å²) in [6, 6.07) is 9.43. The van der Waals surface area contributed by atoms with E-state index in [2.05, 4.69) is 15.0 Å². The molecule has 0 unspecified atom stereocenters. The van der Waals surface area contributed by atoms with Gasteiger partial charge in [-0.15, -0.1) is 0 Å². The molecule has 1 heterocycles. The minimum absolute atomic E-state index is 0.215. The van der Waals surface area contributed by atoms with Crippen molar-refractivity contribution in [1.82, 2.24) is 14.9 Å². The van der Waals surface area contributed by atoms with Crippen molar-refractivity contribution >= 4 is 18.1 Å². The first kappa shape index (κ1) is 17.3. The summed E-state index contributed by atoms with van der Waals surface area (Å²) in [6.07, 6.45) is 4.60. The number of hydrogen-bond donors (Lipinski definition) is 1. The molecule has 7 nitrogen and oxygen atoms in total. The highest BCUT2D eigenvalue weighted by molar-refractivity contribution is 5.85. The summed E-state index contributed by atoms with van der Waals surface area (Å²) in [4.78, 5) is 27.1. The zero-order chi connectivity index (χ0) is 17.4. The summed E-state index contributed by atoms with van der Waals surface area (Å²) in [5.74, 6) is -0.285. The molecule has 0 fully saturated rings. The summed E-state index contributed by atoms with van der Waals surface area (Å²) in [5, 5.41) is 2.60. The predicted octanol–water partition coefficient (Wildman–Crippen LogP) is 2.15. The lowest BCUT2D eigenvalue weighted by molar-refractivity contribution is 0.0582. The Morgan fingerprint density at radius 1 is 1.29 bits per heavy atom. The number of benzene rings is 1. The lowest BCUT2D eigenvalue weighted by atomic mass is 10.2. The van der Waals surface area contributed by atoms with Crippen molar-refractivity contribution in [3.63, 3.8) is 0 Å². The highest BCUT2D eigenvalue weighted by Gasteiger charge is 2.12. The van der Waals surface area contributed by atoms with Gasteiger partial charge in [-0.25, -0.2) is 14.6 Å². The zero-order valence-electron chi connectivity index (χ0n) is 13.6. The zero-order valence-corrected chi connectivity index (χ0v) is 13.6. The van der Waals surface area contributed by atoms with Crippen molar-refractivity contribution < 1.29 is 19.1 Å². The fraction of sp³-hybridized carbons (Fsp3) is 0.235. The van der Waals surface area contributed by atoms with Gasteiger partial charge in [0.2, 0.25) is 5.82 Å². The summed E-state index contributed by atoms with van der Waals surface area (Å²) in [7, 11) is 3.01. The first-order chi connectivity index (χ1) is 11.6. The minimum Gasteiger partial charge on any atom is -0.463 e. The number of aromatic nitrogens is 2. The third-order valence-electron chi connectivity index (χ3n) is 3.13. The standard InChI is InChI=1S/C17H19N3O4/c1-20-11-14(19-15(20)16(21)23-2)9-6-10-18-17(22)24-12-13-7-4-3-5-8-13/h3-9,11H,10,12H2,1-2H3,(H,18,22). The van der Waals surface area contributed by atoms with E-state index in [9.17, 15) is 9.59 Å². The van der Waals surface area contributed by atoms with Gasteiger partial charge >= 0.3 is 12.1 Å². The second-order valence-corrected chi connectivity index (χ2v) is 4.94. The quantitative estimate of drug-likeness (QED) is 0.821. The van der Waals surface area contributed by atoms with Gasteiger partial charge in [0.05, 0.1) is 12.8 Å². The van der Waals surface area contributed by atoms with E-state index in [1.54, 1.807) is 30.0 Å². The van der Waals surface area contributed by atoms with Crippen molar-refractivity contribution in [2.45, 2.75) is 6.61 Å². The molecule has 0 atom stereocenters. The van der Waals surface area contributed by atoms with Gasteiger partial charge in [-0.1, -0.05) is 36.4 Å². The van der Waals surface area contributed by atoms with E-state index in [0.717, 1.165) is 5.56 Å². The second kappa shape index (κ2) is 8.52. The number of hydrogen-bond acceptors (Lipinski definition) is 5. The number of imidazole rings is 1. The number of nitrogens with zero attached hydrogens (tertiary/aromatic N) is 2. The first-order valence-electron chi connectivity index (χ1n) is 7.33. The Bertz CT molecular complexity index is 723. The lowest BCUT2D eigenvalue weighted by Gasteiger charge is -2.04. The molecule has 0 saturated heterocycles. The average Bonchev–Trinajstić information content (AvgIpc) is 2.98. The smallest absolute Gasteiger partial charge is 0.407 e. The molecule has 0 aliphatic rings. The maximum atomic E-state index is 11.6. The van der Waals surface area contributed by atoms with Crippen LogP contribution in [0.1, 0.15) is 21.9 Å². The topological polar surface area (TPSA) is 82.4 Å². The summed E-state index contributed by atoms with van der Waals surface area (Å²) >= 11 is 0. The Kier molecular flexibility index (Phi) is 6.13. The van der Waals surface area contributed by atoms with E-state index in [-0.39, 0.29) is 19.0 Å². The Balaban J connectivity index is 1.76. The maximum Gasteiger partial charge on any atom is 0.407 e. The molecular formula is C17H19N3O4. The second-order valence-electron chi connectivity index (χ2n) is 4.94. The lowest BCUT2D eigenvalue weighted by Crippen LogP contribution is -2.24. The van der Waals surface area contributed by atoms with Crippen molar-refractivity contribution in [2.24, 2.45) is 7.05 Å². The van der Waals surface area contributed by atoms with Crippen LogP contribution in [-0.2, 0) is 23.1 Å². The van der Waals surface area contributed by atoms with Crippen LogP contribution in [0.2, 0.25) is 0 Å². The molecule has 0 spiro atoms. The van der Waals surface area contributed by atoms with E-state index in [1.165, 1.54) is 7.11 Å². The predicted molar refractivity (Wildman–Crippen MR) is 88.2 cm³/mol. The van der Waals surface area contributed by atoms with E-state index >= 15 is 0 Å². The molecule has 1 N–H and O–H groups in total. The SMILES string of the molecule is COC(=O)c1nc(C=CCNC(=O)OCc2ccccc2)cn1C. The largest absolute Gasteiger partial charge is 0.463 e. The molecule has 0 saturated carbocycles. The highest BCUT2D eigenvalue weighted by atomic mass is 16.5. The third kappa shape index (κ3) is 4.98. The molecule has 126 valence electrons. The number of carbonyl (C=O) groups is 2. The van der Waals surface area contributed by atoms with Crippen molar-refractivity contribution in [3.05, 3.63) is 59.7 Å². The van der Waals surface area contributed by atoms with E-state index in [0.29, 0.717) is 5.69 Å². The van der Waals surface area contributed by atoms with Crippen LogP contribution in [-0.4, -0.2) is 35.3 Å². The van der Waals surface area contributed by atoms with E-state index in [4.69, 9.17) is 4.74 Å². The van der Waals surface area contributed by atoms with Crippen LogP contribution in [0.4, 0.5) is 4.79 Å². The number of nitrogens with one attached hydrogen (secondary N) is 1. The van der Waals surface area contributed by atoms with Crippen LogP contribution in [0, 0.1) is 0 Å². The van der Waals surface area contributed by atoms with Gasteiger partial charge in [0.15, 0.2) is 0 Å². The molecule has 1 amide bonds. The van der Waals surface area contributed by atoms with Crippen LogP contribution in [0.5, 0.6) is 0 Å². The van der Waals surface area contributed by atoms with Crippen molar-refractivity contribution in [3.8, 4) is 0 Å². The highest BCUT2D eigenvalue weighted by Crippen LogP contribution is 2.05. The average molecular weight is 329 g/mol. The summed E-state index contributed by atoms with van der Waals surface area (Å²) < 4.78 is 11.3. The van der Waals surface area contributed by atoms with Gasteiger partial charge in [0.25, 0.3) is 0 Å². The number of esters is 1. The van der Waals surface area contributed by atoms with Crippen LogP contribution in [0.15, 0.2) is 42.6 Å². The molecule has 0 bridgehead atoms. The summed E-state index contributed by atoms with van der Waals surface area (Å²) in [6.45, 7) is 0.511. The van der Waals surface area contributed by atoms with E-state index < -0.39 is 12.1 Å². The van der Waals surface area contributed by atoms with Crippen molar-refractivity contribution in [2.75, 3.05) is 13.7 Å². The van der Waals surface area contributed by atoms with Gasteiger partial charge in [-0.05, 0) is 11.6 Å². The maximum absolute atomic E-state index is 11.6. The van der Waals surface area contributed by atoms with Gasteiger partial charge in [0, 0.05) is 19.8 Å². The number of rotatable bonds is 6. The molecule has 0 aliphatic carbocycles. The Labute approximate surface area is 139 Å². The first-order valence-corrected chi connectivity index (χ1v) is 7.33. The normalized spacial score (nSPS) is 10.6. The molecule has 1 aromatic heterocycles. The molecule has 1 aromatic carbocycles. The van der Waals surface area contributed by atoms with Crippen LogP contribution in [0.25, 0.3) is 6.08 Å². The van der Waals surface area contributed by atoms with Crippen LogP contribution in [0.3, 0.4) is 0 Å². The van der Waals surface area contributed by atoms with Gasteiger partial charge in [0.1, 0.15) is 6.61 Å². The van der Waals surface area contributed by atoms with Gasteiger partial charge in [-0.3, -0.25) is 0 Å². The van der Waals surface area contributed by atoms with E-state index in [1.807, 2.05) is 30.3 Å². The van der Waals surface area contributed by atoms with Gasteiger partial charge in [-0.2, -0.15) is 0 Å². The van der Waals surface area contributed by atoms with Crippen LogP contribution >= 0.6 is 0 Å². The number of alkyl carbamates (subject to hydrolysis) is 1. The molecule has 2 rings (SSSR count). The Morgan fingerprint density at radius 3 is 2.75 bits per heavy atom. The molecule has 0 aliphatic heterocycles. The number of carbonyl (C=O) groups excluding carboxylic acids is 2. The number of ether oxygens (including phenoxy) is 2.